The number of benzene rings is 1. The molecule has 0 saturated heterocycles. The molecule has 8 heteroatoms. The minimum absolute atomic E-state index is 0.208. The number of aliphatic imine (C=N–C) groups is 1. The third-order valence-corrected chi connectivity index (χ3v) is 4.68. The van der Waals surface area contributed by atoms with Gasteiger partial charge in [0.1, 0.15) is 5.37 Å². The second-order valence-electron chi connectivity index (χ2n) is 5.87. The molecule has 0 aliphatic heterocycles. The first-order valence-electron chi connectivity index (χ1n) is 8.07. The zero-order valence-corrected chi connectivity index (χ0v) is 15.9. The molecule has 0 fully saturated rings. The lowest BCUT2D eigenvalue weighted by Gasteiger charge is -2.22. The van der Waals surface area contributed by atoms with Crippen molar-refractivity contribution in [3.05, 3.63) is 47.5 Å². The topological polar surface area (TPSA) is 99.1 Å². The van der Waals surface area contributed by atoms with Gasteiger partial charge >= 0.3 is 0 Å². The molecule has 0 aliphatic carbocycles. The van der Waals surface area contributed by atoms with Crippen molar-refractivity contribution in [2.45, 2.75) is 25.6 Å². The Bertz CT molecular complexity index is 706. The highest BCUT2D eigenvalue weighted by Crippen LogP contribution is 2.12. The minimum Gasteiger partial charge on any atom is -0.338 e. The number of amides is 2. The Kier molecular flexibility index (Phi) is 8.87. The molecule has 1 unspecified atom stereocenters. The molecule has 0 heterocycles. The summed E-state index contributed by atoms with van der Waals surface area (Å²) in [6, 6.07) is 5.71. The van der Waals surface area contributed by atoms with Crippen LogP contribution in [0.4, 0.5) is 0 Å². The third-order valence-electron chi connectivity index (χ3n) is 3.91. The van der Waals surface area contributed by atoms with Gasteiger partial charge in [0.25, 0.3) is 0 Å². The SMILES string of the molecule is C=CC(=O)N(CCN=C)CC(=O)N[C@@H](Cc1ccc(C)c(C)c1)S(=O)O. The van der Waals surface area contributed by atoms with E-state index < -0.39 is 28.3 Å². The van der Waals surface area contributed by atoms with Gasteiger partial charge in [0.2, 0.25) is 11.8 Å². The fraction of sp³-hybridized carbons (Fsp3) is 0.389. The molecule has 0 radical (unpaired) electrons. The van der Waals surface area contributed by atoms with Crippen LogP contribution < -0.4 is 5.32 Å². The molecule has 1 aromatic carbocycles. The molecule has 0 aromatic heterocycles. The van der Waals surface area contributed by atoms with Gasteiger partial charge in [-0.1, -0.05) is 24.8 Å². The van der Waals surface area contributed by atoms with E-state index in [0.717, 1.165) is 22.8 Å². The Labute approximate surface area is 156 Å². The molecule has 142 valence electrons. The molecular weight excluding hydrogens is 354 g/mol. The summed E-state index contributed by atoms with van der Waals surface area (Å²) in [5.74, 6) is -0.944. The number of hydrogen-bond acceptors (Lipinski definition) is 4. The van der Waals surface area contributed by atoms with Crippen LogP contribution in [0.15, 0.2) is 35.8 Å². The van der Waals surface area contributed by atoms with Gasteiger partial charge in [0, 0.05) is 13.0 Å². The molecule has 0 spiro atoms. The van der Waals surface area contributed by atoms with Gasteiger partial charge in [-0.2, -0.15) is 0 Å². The molecular formula is C18H25N3O4S. The van der Waals surface area contributed by atoms with Crippen LogP contribution in [0.2, 0.25) is 0 Å². The van der Waals surface area contributed by atoms with Crippen LogP contribution in [0, 0.1) is 13.8 Å². The van der Waals surface area contributed by atoms with Crippen molar-refractivity contribution in [1.29, 1.82) is 0 Å². The van der Waals surface area contributed by atoms with Crippen LogP contribution >= 0.6 is 0 Å². The number of nitrogens with zero attached hydrogens (tertiary/aromatic N) is 2. The van der Waals surface area contributed by atoms with E-state index in [4.69, 9.17) is 0 Å². The molecule has 1 rings (SSSR count). The number of nitrogens with one attached hydrogen (secondary N) is 1. The highest BCUT2D eigenvalue weighted by Gasteiger charge is 2.21. The normalized spacial score (nSPS) is 12.7. The highest BCUT2D eigenvalue weighted by molar-refractivity contribution is 7.79. The Morgan fingerprint density at radius 2 is 2.08 bits per heavy atom. The number of hydrogen-bond donors (Lipinski definition) is 2. The van der Waals surface area contributed by atoms with Crippen molar-refractivity contribution >= 4 is 29.6 Å². The average Bonchev–Trinajstić information content (AvgIpc) is 2.60. The van der Waals surface area contributed by atoms with Gasteiger partial charge < -0.3 is 14.8 Å². The van der Waals surface area contributed by atoms with Crippen LogP contribution in [0.5, 0.6) is 0 Å². The molecule has 1 aromatic rings. The van der Waals surface area contributed by atoms with Crippen molar-refractivity contribution < 1.29 is 18.4 Å². The van der Waals surface area contributed by atoms with Gasteiger partial charge in [0.05, 0.1) is 13.1 Å². The van der Waals surface area contributed by atoms with E-state index in [0.29, 0.717) is 0 Å². The van der Waals surface area contributed by atoms with Gasteiger partial charge in [-0.3, -0.25) is 14.6 Å². The lowest BCUT2D eigenvalue weighted by Crippen LogP contribution is -2.46. The molecule has 0 aliphatic rings. The Balaban J connectivity index is 2.78. The second-order valence-corrected chi connectivity index (χ2v) is 6.99. The van der Waals surface area contributed by atoms with Crippen molar-refractivity contribution in [3.8, 4) is 0 Å². The molecule has 0 bridgehead atoms. The first kappa shape index (κ1) is 21.7. The summed E-state index contributed by atoms with van der Waals surface area (Å²) in [7, 11) is 0. The smallest absolute Gasteiger partial charge is 0.246 e. The lowest BCUT2D eigenvalue weighted by atomic mass is 10.0. The quantitative estimate of drug-likeness (QED) is 0.363. The number of carbonyl (C=O) groups excluding carboxylic acids is 2. The summed E-state index contributed by atoms with van der Waals surface area (Å²) in [6.07, 6.45) is 1.31. The second kappa shape index (κ2) is 10.6. The predicted molar refractivity (Wildman–Crippen MR) is 104 cm³/mol. The van der Waals surface area contributed by atoms with Crippen LogP contribution in [-0.2, 0) is 27.1 Å². The zero-order chi connectivity index (χ0) is 19.7. The van der Waals surface area contributed by atoms with E-state index in [1.807, 2.05) is 32.0 Å². The van der Waals surface area contributed by atoms with Crippen LogP contribution in [0.1, 0.15) is 16.7 Å². The fourth-order valence-electron chi connectivity index (χ4n) is 2.30. The van der Waals surface area contributed by atoms with Crippen molar-refractivity contribution in [2.24, 2.45) is 4.99 Å². The zero-order valence-electron chi connectivity index (χ0n) is 15.1. The number of aryl methyl sites for hydroxylation is 2. The Morgan fingerprint density at radius 1 is 1.38 bits per heavy atom. The monoisotopic (exact) mass is 379 g/mol. The number of carbonyl (C=O) groups is 2. The largest absolute Gasteiger partial charge is 0.338 e. The van der Waals surface area contributed by atoms with Gasteiger partial charge in [-0.15, -0.1) is 0 Å². The summed E-state index contributed by atoms with van der Waals surface area (Å²) < 4.78 is 21.1. The molecule has 2 atom stereocenters. The Hall–Kier alpha value is -2.32. The molecule has 2 N–H and O–H groups in total. The van der Waals surface area contributed by atoms with E-state index >= 15 is 0 Å². The van der Waals surface area contributed by atoms with E-state index in [1.54, 1.807) is 0 Å². The lowest BCUT2D eigenvalue weighted by molar-refractivity contribution is -0.132. The maximum absolute atomic E-state index is 12.2. The van der Waals surface area contributed by atoms with E-state index in [9.17, 15) is 18.4 Å². The summed E-state index contributed by atoms with van der Waals surface area (Å²) in [4.78, 5) is 28.9. The van der Waals surface area contributed by atoms with E-state index in [1.165, 1.54) is 4.90 Å². The van der Waals surface area contributed by atoms with Gasteiger partial charge in [0.15, 0.2) is 11.1 Å². The third kappa shape index (κ3) is 6.89. The van der Waals surface area contributed by atoms with Crippen molar-refractivity contribution in [2.75, 3.05) is 19.6 Å². The van der Waals surface area contributed by atoms with E-state index in [2.05, 4.69) is 23.6 Å². The summed E-state index contributed by atoms with van der Waals surface area (Å²) in [6.45, 7) is 10.9. The molecule has 2 amide bonds. The Morgan fingerprint density at radius 3 is 2.62 bits per heavy atom. The molecule has 26 heavy (non-hydrogen) atoms. The predicted octanol–water partition coefficient (Wildman–Crippen LogP) is 1.23. The maximum Gasteiger partial charge on any atom is 0.246 e. The summed E-state index contributed by atoms with van der Waals surface area (Å²) >= 11 is -2.25. The van der Waals surface area contributed by atoms with Crippen molar-refractivity contribution in [3.63, 3.8) is 0 Å². The van der Waals surface area contributed by atoms with Crippen LogP contribution in [0.3, 0.4) is 0 Å². The van der Waals surface area contributed by atoms with Crippen LogP contribution in [0.25, 0.3) is 0 Å². The fourth-order valence-corrected chi connectivity index (χ4v) is 2.87. The summed E-state index contributed by atoms with van der Waals surface area (Å²) in [5.41, 5.74) is 3.03. The van der Waals surface area contributed by atoms with Gasteiger partial charge in [-0.05, 0) is 43.3 Å². The first-order valence-corrected chi connectivity index (χ1v) is 9.24. The summed E-state index contributed by atoms with van der Waals surface area (Å²) in [5, 5.41) is 1.55. The standard InChI is InChI=1S/C18H25N3O4S/c1-5-18(23)21(9-8-19-4)12-16(22)20-17(26(24)25)11-15-7-6-13(2)14(3)10-15/h5-7,10,17H,1,4,8-9,11-12H2,2-3H3,(H,20,22)(H,24,25)/t17-/m1/s1. The van der Waals surface area contributed by atoms with Crippen LogP contribution in [-0.4, -0.2) is 57.2 Å². The van der Waals surface area contributed by atoms with E-state index in [-0.39, 0.29) is 26.1 Å². The first-order chi connectivity index (χ1) is 12.3. The molecule has 7 nitrogen and oxygen atoms in total. The molecule has 0 saturated carbocycles. The highest BCUT2D eigenvalue weighted by atomic mass is 32.2. The average molecular weight is 379 g/mol. The van der Waals surface area contributed by atoms with Crippen molar-refractivity contribution in [1.82, 2.24) is 10.2 Å². The van der Waals surface area contributed by atoms with Gasteiger partial charge in [-0.25, -0.2) is 4.21 Å². The maximum atomic E-state index is 12.2. The number of rotatable bonds is 10. The minimum atomic E-state index is -2.25.